The lowest BCUT2D eigenvalue weighted by atomic mass is 10.0. The summed E-state index contributed by atoms with van der Waals surface area (Å²) < 4.78 is 45.4. The minimum Gasteiger partial charge on any atom is -0.444 e. The number of ether oxygens (including phenoxy) is 1. The van der Waals surface area contributed by atoms with Crippen LogP contribution in [0.3, 0.4) is 0 Å². The minimum atomic E-state index is -4.52. The first-order valence-electron chi connectivity index (χ1n) is 14.0. The van der Waals surface area contributed by atoms with Crippen molar-refractivity contribution in [1.82, 2.24) is 19.6 Å². The number of piperazine rings is 1. The molecule has 0 saturated carbocycles. The maximum absolute atomic E-state index is 13.8. The lowest BCUT2D eigenvalue weighted by Gasteiger charge is -2.52. The quantitative estimate of drug-likeness (QED) is 0.490. The molecular weight excluding hydrogens is 551 g/mol. The highest BCUT2D eigenvalue weighted by atomic mass is 19.4. The van der Waals surface area contributed by atoms with Gasteiger partial charge < -0.3 is 19.4 Å². The van der Waals surface area contributed by atoms with Gasteiger partial charge in [-0.3, -0.25) is 19.5 Å². The number of carbonyl (C=O) groups excluding carboxylic acids is 3. The van der Waals surface area contributed by atoms with E-state index in [4.69, 9.17) is 4.74 Å². The largest absolute Gasteiger partial charge is 0.444 e. The third kappa shape index (κ3) is 6.37. The first-order valence-corrected chi connectivity index (χ1v) is 14.0. The average Bonchev–Trinajstić information content (AvgIpc) is 3.36. The molecule has 5 rings (SSSR count). The monoisotopic (exact) mass is 585 g/mol. The van der Waals surface area contributed by atoms with E-state index < -0.39 is 30.0 Å². The lowest BCUT2D eigenvalue weighted by molar-refractivity contribution is -0.169. The summed E-state index contributed by atoms with van der Waals surface area (Å²) in [5.41, 5.74) is 0.711. The molecule has 3 aliphatic heterocycles. The predicted octanol–water partition coefficient (Wildman–Crippen LogP) is 4.05. The number of hydrogen-bond donors (Lipinski definition) is 0. The van der Waals surface area contributed by atoms with Crippen molar-refractivity contribution >= 4 is 23.7 Å². The number of nitrogens with zero attached hydrogens (tertiary/aromatic N) is 5. The fourth-order valence-electron chi connectivity index (χ4n) is 5.90. The summed E-state index contributed by atoms with van der Waals surface area (Å²) in [5, 5.41) is 0. The summed E-state index contributed by atoms with van der Waals surface area (Å²) in [6.07, 6.45) is -5.65. The Morgan fingerprint density at radius 1 is 1.02 bits per heavy atom. The van der Waals surface area contributed by atoms with E-state index in [2.05, 4.69) is 9.89 Å². The van der Waals surface area contributed by atoms with E-state index in [-0.39, 0.29) is 43.5 Å². The molecule has 0 radical (unpaired) electrons. The second-order valence-corrected chi connectivity index (χ2v) is 10.9. The molecule has 3 aliphatic rings. The number of halogens is 3. The summed E-state index contributed by atoms with van der Waals surface area (Å²) in [4.78, 5) is 51.5. The zero-order valence-electron chi connectivity index (χ0n) is 23.6. The molecule has 0 unspecified atom stereocenters. The van der Waals surface area contributed by atoms with Gasteiger partial charge in [0.15, 0.2) is 0 Å². The van der Waals surface area contributed by atoms with Crippen molar-refractivity contribution in [1.29, 1.82) is 0 Å². The Balaban J connectivity index is 1.36. The Bertz CT molecular complexity index is 1370. The smallest absolute Gasteiger partial charge is 0.416 e. The molecular formula is C30H34F3N5O4. The van der Waals surface area contributed by atoms with Gasteiger partial charge in [0.25, 0.3) is 0 Å². The fraction of sp³-hybridized carbons (Fsp3) is 0.467. The number of carbonyl (C=O) groups is 3. The van der Waals surface area contributed by atoms with Gasteiger partial charge in [0.1, 0.15) is 18.8 Å². The number of alkyl halides is 3. The van der Waals surface area contributed by atoms with Crippen molar-refractivity contribution in [2.45, 2.75) is 58.2 Å². The van der Waals surface area contributed by atoms with Crippen LogP contribution < -0.4 is 0 Å². The molecule has 2 aromatic rings. The number of amidine groups is 1. The molecule has 224 valence electrons. The lowest BCUT2D eigenvalue weighted by Crippen LogP contribution is -2.71. The number of aryl methyl sites for hydroxylation is 1. The average molecular weight is 586 g/mol. The van der Waals surface area contributed by atoms with Crippen LogP contribution in [-0.4, -0.2) is 88.3 Å². The molecule has 3 amide bonds. The zero-order valence-corrected chi connectivity index (χ0v) is 23.6. The summed E-state index contributed by atoms with van der Waals surface area (Å²) in [5.74, 6) is 0.477. The number of hydrogen-bond acceptors (Lipinski definition) is 6. The second kappa shape index (κ2) is 12.0. The first-order chi connectivity index (χ1) is 20.0. The SMILES string of the molecule is CC1=NCCN1CC[C@H]1C(=O)N(Cc2ccccc2)C[C@@H]2N(C(=O)OCc3cc(C)cc(C(F)(F)F)c3)CCC(=O)N21. The Kier molecular flexibility index (Phi) is 8.42. The van der Waals surface area contributed by atoms with Gasteiger partial charge in [-0.25, -0.2) is 4.79 Å². The van der Waals surface area contributed by atoms with Crippen LogP contribution in [0.4, 0.5) is 18.0 Å². The summed E-state index contributed by atoms with van der Waals surface area (Å²) in [6, 6.07) is 12.2. The first kappa shape index (κ1) is 29.4. The summed E-state index contributed by atoms with van der Waals surface area (Å²) >= 11 is 0. The molecule has 2 aromatic carbocycles. The van der Waals surface area contributed by atoms with E-state index in [1.54, 1.807) is 11.8 Å². The van der Waals surface area contributed by atoms with Crippen molar-refractivity contribution < 1.29 is 32.3 Å². The molecule has 2 saturated heterocycles. The Morgan fingerprint density at radius 3 is 2.48 bits per heavy atom. The van der Waals surface area contributed by atoms with Crippen molar-refractivity contribution in [2.24, 2.45) is 4.99 Å². The number of benzene rings is 2. The van der Waals surface area contributed by atoms with Gasteiger partial charge in [0.05, 0.1) is 24.5 Å². The molecule has 0 N–H and O–H groups in total. The van der Waals surface area contributed by atoms with Crippen LogP contribution in [0.15, 0.2) is 53.5 Å². The predicted molar refractivity (Wildman–Crippen MR) is 148 cm³/mol. The molecule has 2 fully saturated rings. The maximum Gasteiger partial charge on any atom is 0.416 e. The van der Waals surface area contributed by atoms with Gasteiger partial charge in [-0.2, -0.15) is 13.2 Å². The van der Waals surface area contributed by atoms with Crippen LogP contribution in [0.1, 0.15) is 42.0 Å². The fourth-order valence-corrected chi connectivity index (χ4v) is 5.90. The van der Waals surface area contributed by atoms with Crippen molar-refractivity contribution in [3.05, 3.63) is 70.8 Å². The van der Waals surface area contributed by atoms with Crippen LogP contribution in [-0.2, 0) is 33.7 Å². The van der Waals surface area contributed by atoms with Gasteiger partial charge in [-0.15, -0.1) is 0 Å². The normalized spacial score (nSPS) is 21.0. The standard InChI is InChI=1S/C30H34F3N5O4/c1-20-14-23(16-24(15-20)30(31,32)33)19-42-29(41)37-12-9-27(39)38-25(8-11-35-13-10-34-21(35)2)28(40)36(18-26(37)38)17-22-6-4-3-5-7-22/h3-7,14-16,25-26H,8-13,17-19H2,1-2H3/t25-,26+/m0/s1. The zero-order chi connectivity index (χ0) is 30.0. The Labute approximate surface area is 242 Å². The van der Waals surface area contributed by atoms with Crippen LogP contribution in [0, 0.1) is 6.92 Å². The van der Waals surface area contributed by atoms with E-state index in [0.29, 0.717) is 31.6 Å². The number of rotatable bonds is 7. The van der Waals surface area contributed by atoms with E-state index in [0.717, 1.165) is 30.1 Å². The van der Waals surface area contributed by atoms with Crippen LogP contribution in [0.25, 0.3) is 0 Å². The highest BCUT2D eigenvalue weighted by Crippen LogP contribution is 2.32. The molecule has 0 bridgehead atoms. The highest BCUT2D eigenvalue weighted by Gasteiger charge is 2.49. The van der Waals surface area contributed by atoms with Crippen LogP contribution >= 0.6 is 0 Å². The van der Waals surface area contributed by atoms with E-state index in [1.165, 1.54) is 15.9 Å². The van der Waals surface area contributed by atoms with Crippen molar-refractivity contribution in [2.75, 3.05) is 32.7 Å². The third-order valence-corrected chi connectivity index (χ3v) is 7.97. The topological polar surface area (TPSA) is 85.8 Å². The molecule has 0 aromatic heterocycles. The van der Waals surface area contributed by atoms with E-state index >= 15 is 0 Å². The van der Waals surface area contributed by atoms with Gasteiger partial charge >= 0.3 is 12.3 Å². The number of aliphatic imine (C=N–C) groups is 1. The van der Waals surface area contributed by atoms with Gasteiger partial charge in [0, 0.05) is 32.6 Å². The van der Waals surface area contributed by atoms with Crippen LogP contribution in [0.5, 0.6) is 0 Å². The number of amides is 3. The third-order valence-electron chi connectivity index (χ3n) is 7.97. The van der Waals surface area contributed by atoms with E-state index in [1.807, 2.05) is 37.3 Å². The molecule has 0 spiro atoms. The summed E-state index contributed by atoms with van der Waals surface area (Å²) in [6.45, 7) is 5.54. The van der Waals surface area contributed by atoms with Gasteiger partial charge in [-0.05, 0) is 43.5 Å². The Morgan fingerprint density at radius 2 is 1.79 bits per heavy atom. The van der Waals surface area contributed by atoms with Crippen LogP contribution in [0.2, 0.25) is 0 Å². The molecule has 3 heterocycles. The Hall–Kier alpha value is -4.09. The minimum absolute atomic E-state index is 0.0148. The van der Waals surface area contributed by atoms with Crippen molar-refractivity contribution in [3.8, 4) is 0 Å². The number of fused-ring (bicyclic) bond motifs is 1. The second-order valence-electron chi connectivity index (χ2n) is 10.9. The van der Waals surface area contributed by atoms with Crippen molar-refractivity contribution in [3.63, 3.8) is 0 Å². The van der Waals surface area contributed by atoms with Gasteiger partial charge in [0.2, 0.25) is 11.8 Å². The molecule has 42 heavy (non-hydrogen) atoms. The molecule has 2 atom stereocenters. The molecule has 0 aliphatic carbocycles. The molecule has 9 nitrogen and oxygen atoms in total. The maximum atomic E-state index is 13.8. The highest BCUT2D eigenvalue weighted by molar-refractivity contribution is 5.91. The summed E-state index contributed by atoms with van der Waals surface area (Å²) in [7, 11) is 0. The van der Waals surface area contributed by atoms with Gasteiger partial charge in [-0.1, -0.05) is 42.0 Å². The molecule has 12 heteroatoms. The van der Waals surface area contributed by atoms with E-state index in [9.17, 15) is 27.6 Å².